The van der Waals surface area contributed by atoms with E-state index in [4.69, 9.17) is 5.84 Å². The van der Waals surface area contributed by atoms with Crippen molar-refractivity contribution in [1.29, 1.82) is 0 Å². The van der Waals surface area contributed by atoms with Gasteiger partial charge in [0.15, 0.2) is 0 Å². The minimum atomic E-state index is 0.0888. The van der Waals surface area contributed by atoms with Crippen molar-refractivity contribution in [1.82, 2.24) is 5.43 Å². The molecule has 3 N–H and O–H groups in total. The highest BCUT2D eigenvalue weighted by Gasteiger charge is 2.15. The van der Waals surface area contributed by atoms with Gasteiger partial charge in [0.2, 0.25) is 0 Å². The Labute approximate surface area is 110 Å². The number of rotatable bonds is 4. The van der Waals surface area contributed by atoms with Crippen molar-refractivity contribution in [2.75, 3.05) is 6.26 Å². The van der Waals surface area contributed by atoms with Gasteiger partial charge < -0.3 is 0 Å². The predicted octanol–water partition coefficient (Wildman–Crippen LogP) is 3.33. The standard InChI is InChI=1S/C13H16N2S2/c1-9-7-8-17-13(9)12(15-14)10-3-5-11(16-2)6-4-10/h3-8,12,15H,14H2,1-2H3. The van der Waals surface area contributed by atoms with E-state index < -0.39 is 0 Å². The van der Waals surface area contributed by atoms with E-state index in [1.165, 1.54) is 20.9 Å². The third-order valence-electron chi connectivity index (χ3n) is 2.78. The maximum atomic E-state index is 5.69. The van der Waals surface area contributed by atoms with Gasteiger partial charge in [0, 0.05) is 9.77 Å². The molecule has 0 spiro atoms. The van der Waals surface area contributed by atoms with Crippen molar-refractivity contribution in [3.8, 4) is 0 Å². The highest BCUT2D eigenvalue weighted by Crippen LogP contribution is 2.29. The number of nitrogens with one attached hydrogen (secondary N) is 1. The fourth-order valence-corrected chi connectivity index (χ4v) is 3.22. The molecule has 2 aromatic rings. The highest BCUT2D eigenvalue weighted by molar-refractivity contribution is 7.98. The number of benzene rings is 1. The zero-order valence-electron chi connectivity index (χ0n) is 9.94. The van der Waals surface area contributed by atoms with Gasteiger partial charge in [-0.15, -0.1) is 23.1 Å². The lowest BCUT2D eigenvalue weighted by Crippen LogP contribution is -2.28. The molecule has 1 aromatic heterocycles. The molecule has 0 amide bonds. The van der Waals surface area contributed by atoms with Gasteiger partial charge in [0.05, 0.1) is 6.04 Å². The number of nitrogens with two attached hydrogens (primary N) is 1. The smallest absolute Gasteiger partial charge is 0.0805 e. The van der Waals surface area contributed by atoms with Crippen LogP contribution in [0.15, 0.2) is 40.6 Å². The quantitative estimate of drug-likeness (QED) is 0.505. The van der Waals surface area contributed by atoms with Crippen LogP contribution in [0.5, 0.6) is 0 Å². The van der Waals surface area contributed by atoms with Crippen LogP contribution < -0.4 is 11.3 Å². The molecule has 0 saturated carbocycles. The monoisotopic (exact) mass is 264 g/mol. The molecule has 17 heavy (non-hydrogen) atoms. The van der Waals surface area contributed by atoms with Crippen LogP contribution in [0, 0.1) is 6.92 Å². The van der Waals surface area contributed by atoms with Crippen molar-refractivity contribution in [2.45, 2.75) is 17.9 Å². The van der Waals surface area contributed by atoms with E-state index in [-0.39, 0.29) is 6.04 Å². The maximum Gasteiger partial charge on any atom is 0.0805 e. The molecule has 0 saturated heterocycles. The first-order valence-electron chi connectivity index (χ1n) is 5.40. The van der Waals surface area contributed by atoms with Gasteiger partial charge >= 0.3 is 0 Å². The second-order valence-electron chi connectivity index (χ2n) is 3.84. The summed E-state index contributed by atoms with van der Waals surface area (Å²) in [5.74, 6) is 5.69. The summed E-state index contributed by atoms with van der Waals surface area (Å²) in [7, 11) is 0. The Morgan fingerprint density at radius 2 is 1.94 bits per heavy atom. The van der Waals surface area contributed by atoms with Gasteiger partial charge in [0.25, 0.3) is 0 Å². The van der Waals surface area contributed by atoms with Crippen LogP contribution in [0.3, 0.4) is 0 Å². The van der Waals surface area contributed by atoms with Gasteiger partial charge in [-0.05, 0) is 47.9 Å². The topological polar surface area (TPSA) is 38.0 Å². The molecular weight excluding hydrogens is 248 g/mol. The molecule has 0 fully saturated rings. The lowest BCUT2D eigenvalue weighted by atomic mass is 10.0. The molecule has 0 radical (unpaired) electrons. The molecule has 0 aliphatic heterocycles. The minimum Gasteiger partial charge on any atom is -0.271 e. The molecule has 2 nitrogen and oxygen atoms in total. The Bertz CT molecular complexity index is 476. The van der Waals surface area contributed by atoms with Crippen LogP contribution in [-0.2, 0) is 0 Å². The van der Waals surface area contributed by atoms with Crippen LogP contribution in [0.25, 0.3) is 0 Å². The average molecular weight is 264 g/mol. The third kappa shape index (κ3) is 2.72. The number of aryl methyl sites for hydroxylation is 1. The van der Waals surface area contributed by atoms with Crippen molar-refractivity contribution in [2.24, 2.45) is 5.84 Å². The molecule has 1 aromatic carbocycles. The molecule has 0 aliphatic rings. The maximum absolute atomic E-state index is 5.69. The van der Waals surface area contributed by atoms with Crippen molar-refractivity contribution in [3.05, 3.63) is 51.7 Å². The first kappa shape index (κ1) is 12.6. The minimum absolute atomic E-state index is 0.0888. The Morgan fingerprint density at radius 3 is 2.41 bits per heavy atom. The van der Waals surface area contributed by atoms with Crippen LogP contribution in [0.4, 0.5) is 0 Å². The van der Waals surface area contributed by atoms with E-state index in [1.54, 1.807) is 23.1 Å². The number of hydrazine groups is 1. The molecular formula is C13H16N2S2. The average Bonchev–Trinajstić information content (AvgIpc) is 2.78. The van der Waals surface area contributed by atoms with Gasteiger partial charge in [-0.1, -0.05) is 12.1 Å². The molecule has 4 heteroatoms. The first-order valence-corrected chi connectivity index (χ1v) is 7.50. The summed E-state index contributed by atoms with van der Waals surface area (Å²) in [6.07, 6.45) is 2.08. The zero-order chi connectivity index (χ0) is 12.3. The van der Waals surface area contributed by atoms with Crippen LogP contribution in [0.2, 0.25) is 0 Å². The lowest BCUT2D eigenvalue weighted by Gasteiger charge is -2.16. The Balaban J connectivity index is 2.32. The molecule has 1 atom stereocenters. The molecule has 0 bridgehead atoms. The molecule has 1 unspecified atom stereocenters. The highest BCUT2D eigenvalue weighted by atomic mass is 32.2. The summed E-state index contributed by atoms with van der Waals surface area (Å²) < 4.78 is 0. The Kier molecular flexibility index (Phi) is 4.23. The molecule has 90 valence electrons. The molecule has 0 aliphatic carbocycles. The number of thiophene rings is 1. The SMILES string of the molecule is CSc1ccc(C(NN)c2sccc2C)cc1. The van der Waals surface area contributed by atoms with Gasteiger partial charge in [-0.25, -0.2) is 5.43 Å². The van der Waals surface area contributed by atoms with E-state index in [9.17, 15) is 0 Å². The third-order valence-corrected chi connectivity index (χ3v) is 4.61. The first-order chi connectivity index (χ1) is 8.26. The van der Waals surface area contributed by atoms with E-state index in [1.807, 2.05) is 0 Å². The predicted molar refractivity (Wildman–Crippen MR) is 76.4 cm³/mol. The number of hydrogen-bond acceptors (Lipinski definition) is 4. The fraction of sp³-hybridized carbons (Fsp3) is 0.231. The normalized spacial score (nSPS) is 12.6. The summed E-state index contributed by atoms with van der Waals surface area (Å²) in [5.41, 5.74) is 5.39. The van der Waals surface area contributed by atoms with E-state index >= 15 is 0 Å². The molecule has 1 heterocycles. The lowest BCUT2D eigenvalue weighted by molar-refractivity contribution is 0.643. The van der Waals surface area contributed by atoms with E-state index in [2.05, 4.69) is 54.3 Å². The summed E-state index contributed by atoms with van der Waals surface area (Å²) in [6.45, 7) is 2.12. The van der Waals surface area contributed by atoms with Crippen LogP contribution in [0.1, 0.15) is 22.0 Å². The largest absolute Gasteiger partial charge is 0.271 e. The Morgan fingerprint density at radius 1 is 1.24 bits per heavy atom. The van der Waals surface area contributed by atoms with E-state index in [0.29, 0.717) is 0 Å². The van der Waals surface area contributed by atoms with Gasteiger partial charge in [-0.2, -0.15) is 0 Å². The zero-order valence-corrected chi connectivity index (χ0v) is 11.6. The second kappa shape index (κ2) is 5.69. The summed E-state index contributed by atoms with van der Waals surface area (Å²) >= 11 is 3.49. The molecule has 2 rings (SSSR count). The second-order valence-corrected chi connectivity index (χ2v) is 5.67. The number of hydrogen-bond donors (Lipinski definition) is 2. The van der Waals surface area contributed by atoms with Crippen molar-refractivity contribution < 1.29 is 0 Å². The number of thioether (sulfide) groups is 1. The summed E-state index contributed by atoms with van der Waals surface area (Å²) in [6, 6.07) is 10.7. The van der Waals surface area contributed by atoms with E-state index in [0.717, 1.165) is 0 Å². The van der Waals surface area contributed by atoms with Crippen LogP contribution >= 0.6 is 23.1 Å². The summed E-state index contributed by atoms with van der Waals surface area (Å²) in [4.78, 5) is 2.55. The summed E-state index contributed by atoms with van der Waals surface area (Å²) in [5, 5.41) is 2.10. The Hall–Kier alpha value is -0.810. The van der Waals surface area contributed by atoms with Crippen molar-refractivity contribution >= 4 is 23.1 Å². The van der Waals surface area contributed by atoms with Gasteiger partial charge in [0.1, 0.15) is 0 Å². The van der Waals surface area contributed by atoms with Gasteiger partial charge in [-0.3, -0.25) is 5.84 Å². The fourth-order valence-electron chi connectivity index (χ4n) is 1.80. The van der Waals surface area contributed by atoms with Crippen molar-refractivity contribution in [3.63, 3.8) is 0 Å². The van der Waals surface area contributed by atoms with Crippen LogP contribution in [-0.4, -0.2) is 6.26 Å².